The Balaban J connectivity index is 2.17. The summed E-state index contributed by atoms with van der Waals surface area (Å²) in [4.78, 5) is 26.6. The Morgan fingerprint density at radius 1 is 1.27 bits per heavy atom. The number of nitrogens with one attached hydrogen (secondary N) is 2. The summed E-state index contributed by atoms with van der Waals surface area (Å²) in [5.74, 6) is 0. The number of para-hydroxylation sites is 1. The average molecular weight is 302 g/mol. The largest absolute Gasteiger partial charge is 0.444 e. The second-order valence-electron chi connectivity index (χ2n) is 6.70. The normalized spacial score (nSPS) is 14.4. The molecule has 0 bridgehead atoms. The van der Waals surface area contributed by atoms with Crippen LogP contribution in [0.1, 0.15) is 33.3 Å². The first kappa shape index (κ1) is 16.1. The number of amides is 1. The first-order valence-electron chi connectivity index (χ1n) is 7.25. The molecule has 0 saturated carbocycles. The third-order valence-corrected chi connectivity index (χ3v) is 3.28. The van der Waals surface area contributed by atoms with Crippen molar-refractivity contribution in [2.45, 2.75) is 45.3 Å². The van der Waals surface area contributed by atoms with Crippen molar-refractivity contribution in [1.29, 1.82) is 0 Å². The highest BCUT2D eigenvalue weighted by atomic mass is 16.6. The van der Waals surface area contributed by atoms with E-state index in [9.17, 15) is 9.59 Å². The molecular formula is C17H22N2O3. The third kappa shape index (κ3) is 3.87. The minimum absolute atomic E-state index is 0.389. The van der Waals surface area contributed by atoms with E-state index in [1.807, 2.05) is 30.5 Å². The number of ether oxygens (including phenoxy) is 1. The molecule has 1 unspecified atom stereocenters. The predicted octanol–water partition coefficient (Wildman–Crippen LogP) is 3.19. The van der Waals surface area contributed by atoms with Crippen molar-refractivity contribution in [1.82, 2.24) is 10.3 Å². The molecule has 118 valence electrons. The lowest BCUT2D eigenvalue weighted by atomic mass is 9.94. The Kier molecular flexibility index (Phi) is 4.26. The SMILES string of the molecule is CC(C=O)(Cc1c[nH]c2ccccc12)NC(=O)OC(C)(C)C. The Morgan fingerprint density at radius 2 is 1.95 bits per heavy atom. The van der Waals surface area contributed by atoms with Gasteiger partial charge in [0.15, 0.2) is 0 Å². The maximum absolute atomic E-state index is 11.9. The Bertz CT molecular complexity index is 685. The second-order valence-corrected chi connectivity index (χ2v) is 6.70. The topological polar surface area (TPSA) is 71.2 Å². The van der Waals surface area contributed by atoms with Crippen molar-refractivity contribution in [2.24, 2.45) is 0 Å². The minimum Gasteiger partial charge on any atom is -0.444 e. The van der Waals surface area contributed by atoms with Crippen LogP contribution in [0.5, 0.6) is 0 Å². The number of benzene rings is 1. The fourth-order valence-electron chi connectivity index (χ4n) is 2.33. The molecular weight excluding hydrogens is 280 g/mol. The van der Waals surface area contributed by atoms with Crippen molar-refractivity contribution in [2.75, 3.05) is 0 Å². The van der Waals surface area contributed by atoms with E-state index in [-0.39, 0.29) is 0 Å². The van der Waals surface area contributed by atoms with E-state index < -0.39 is 17.2 Å². The fraction of sp³-hybridized carbons (Fsp3) is 0.412. The van der Waals surface area contributed by atoms with Gasteiger partial charge in [0, 0.05) is 23.5 Å². The van der Waals surface area contributed by atoms with Crippen molar-refractivity contribution in [3.05, 3.63) is 36.0 Å². The molecule has 2 aromatic rings. The van der Waals surface area contributed by atoms with Gasteiger partial charge in [0.25, 0.3) is 0 Å². The van der Waals surface area contributed by atoms with E-state index in [1.165, 1.54) is 0 Å². The van der Waals surface area contributed by atoms with E-state index in [0.29, 0.717) is 6.42 Å². The average Bonchev–Trinajstić information content (AvgIpc) is 2.80. The smallest absolute Gasteiger partial charge is 0.408 e. The van der Waals surface area contributed by atoms with Crippen LogP contribution in [0, 0.1) is 0 Å². The van der Waals surface area contributed by atoms with Crippen molar-refractivity contribution >= 4 is 23.3 Å². The van der Waals surface area contributed by atoms with Crippen LogP contribution in [0.15, 0.2) is 30.5 Å². The number of aromatic amines is 1. The molecule has 1 atom stereocenters. The number of rotatable bonds is 4. The summed E-state index contributed by atoms with van der Waals surface area (Å²) in [6.07, 6.45) is 2.41. The molecule has 0 saturated heterocycles. The number of aromatic nitrogens is 1. The number of alkyl carbamates (subject to hydrolysis) is 1. The van der Waals surface area contributed by atoms with Gasteiger partial charge in [0.2, 0.25) is 0 Å². The van der Waals surface area contributed by atoms with Gasteiger partial charge in [-0.1, -0.05) is 18.2 Å². The van der Waals surface area contributed by atoms with E-state index in [2.05, 4.69) is 10.3 Å². The maximum Gasteiger partial charge on any atom is 0.408 e. The van der Waals surface area contributed by atoms with Crippen LogP contribution >= 0.6 is 0 Å². The summed E-state index contributed by atoms with van der Waals surface area (Å²) in [6, 6.07) is 7.85. The van der Waals surface area contributed by atoms with Gasteiger partial charge in [-0.15, -0.1) is 0 Å². The molecule has 0 fully saturated rings. The molecule has 0 aliphatic rings. The zero-order chi connectivity index (χ0) is 16.4. The highest BCUT2D eigenvalue weighted by molar-refractivity contribution is 5.84. The highest BCUT2D eigenvalue weighted by Gasteiger charge is 2.29. The maximum atomic E-state index is 11.9. The van der Waals surface area contributed by atoms with Crippen LogP contribution in [-0.2, 0) is 16.0 Å². The summed E-state index contributed by atoms with van der Waals surface area (Å²) < 4.78 is 5.23. The first-order valence-corrected chi connectivity index (χ1v) is 7.25. The molecule has 5 heteroatoms. The number of aldehydes is 1. The molecule has 2 rings (SSSR count). The van der Waals surface area contributed by atoms with E-state index in [1.54, 1.807) is 27.7 Å². The lowest BCUT2D eigenvalue weighted by Gasteiger charge is -2.27. The Hall–Kier alpha value is -2.30. The van der Waals surface area contributed by atoms with Crippen LogP contribution in [0.2, 0.25) is 0 Å². The van der Waals surface area contributed by atoms with Gasteiger partial charge in [-0.25, -0.2) is 4.79 Å². The quantitative estimate of drug-likeness (QED) is 0.852. The zero-order valence-corrected chi connectivity index (χ0v) is 13.4. The van der Waals surface area contributed by atoms with Crippen molar-refractivity contribution < 1.29 is 14.3 Å². The number of H-pyrrole nitrogens is 1. The lowest BCUT2D eigenvalue weighted by Crippen LogP contribution is -2.50. The standard InChI is InChI=1S/C17H22N2O3/c1-16(2,3)22-15(21)19-17(4,11-20)9-12-10-18-14-8-6-5-7-13(12)14/h5-8,10-11,18H,9H2,1-4H3,(H,19,21). The van der Waals surface area contributed by atoms with Crippen LogP contribution in [0.3, 0.4) is 0 Å². The predicted molar refractivity (Wildman–Crippen MR) is 85.8 cm³/mol. The summed E-state index contributed by atoms with van der Waals surface area (Å²) in [5, 5.41) is 3.70. The summed E-state index contributed by atoms with van der Waals surface area (Å²) in [6.45, 7) is 7.03. The molecule has 0 spiro atoms. The fourth-order valence-corrected chi connectivity index (χ4v) is 2.33. The van der Waals surface area contributed by atoms with Crippen molar-refractivity contribution in [3.63, 3.8) is 0 Å². The molecule has 1 heterocycles. The van der Waals surface area contributed by atoms with E-state index in [4.69, 9.17) is 4.74 Å². The van der Waals surface area contributed by atoms with Crippen LogP contribution in [0.4, 0.5) is 4.79 Å². The highest BCUT2D eigenvalue weighted by Crippen LogP contribution is 2.22. The molecule has 1 amide bonds. The van der Waals surface area contributed by atoms with Gasteiger partial charge < -0.3 is 19.8 Å². The molecule has 0 radical (unpaired) electrons. The number of hydrogen-bond donors (Lipinski definition) is 2. The summed E-state index contributed by atoms with van der Waals surface area (Å²) in [7, 11) is 0. The minimum atomic E-state index is -1.02. The van der Waals surface area contributed by atoms with Gasteiger partial charge >= 0.3 is 6.09 Å². The Morgan fingerprint density at radius 3 is 2.59 bits per heavy atom. The van der Waals surface area contributed by atoms with Crippen molar-refractivity contribution in [3.8, 4) is 0 Å². The number of hydrogen-bond acceptors (Lipinski definition) is 3. The van der Waals surface area contributed by atoms with E-state index >= 15 is 0 Å². The number of carbonyl (C=O) groups is 2. The molecule has 0 aliphatic carbocycles. The van der Waals surface area contributed by atoms with Gasteiger partial charge in [0.05, 0.1) is 0 Å². The Labute approximate surface area is 130 Å². The molecule has 0 aliphatic heterocycles. The zero-order valence-electron chi connectivity index (χ0n) is 13.4. The molecule has 5 nitrogen and oxygen atoms in total. The van der Waals surface area contributed by atoms with Crippen LogP contribution in [-0.4, -0.2) is 28.5 Å². The van der Waals surface area contributed by atoms with Gasteiger partial charge in [-0.2, -0.15) is 0 Å². The van der Waals surface area contributed by atoms with Gasteiger partial charge in [-0.05, 0) is 39.3 Å². The van der Waals surface area contributed by atoms with Gasteiger partial charge in [0.1, 0.15) is 17.4 Å². The summed E-state index contributed by atoms with van der Waals surface area (Å²) in [5.41, 5.74) is 0.353. The second kappa shape index (κ2) is 5.83. The monoisotopic (exact) mass is 302 g/mol. The summed E-state index contributed by atoms with van der Waals surface area (Å²) >= 11 is 0. The van der Waals surface area contributed by atoms with Crippen LogP contribution in [0.25, 0.3) is 10.9 Å². The number of carbonyl (C=O) groups excluding carboxylic acids is 2. The number of fused-ring (bicyclic) bond motifs is 1. The lowest BCUT2D eigenvalue weighted by molar-refractivity contribution is -0.112. The molecule has 1 aromatic heterocycles. The molecule has 22 heavy (non-hydrogen) atoms. The van der Waals surface area contributed by atoms with Crippen LogP contribution < -0.4 is 5.32 Å². The van der Waals surface area contributed by atoms with E-state index in [0.717, 1.165) is 22.8 Å². The van der Waals surface area contributed by atoms with Gasteiger partial charge in [-0.3, -0.25) is 0 Å². The molecule has 2 N–H and O–H groups in total. The molecule has 1 aromatic carbocycles. The third-order valence-electron chi connectivity index (χ3n) is 3.28. The first-order chi connectivity index (χ1) is 10.2.